The number of aryl methyl sites for hydroxylation is 1. The van der Waals surface area contributed by atoms with Gasteiger partial charge < -0.3 is 5.32 Å². The van der Waals surface area contributed by atoms with Gasteiger partial charge in [-0.25, -0.2) is 9.97 Å². The summed E-state index contributed by atoms with van der Waals surface area (Å²) < 4.78 is 0. The molecule has 0 aliphatic rings. The van der Waals surface area contributed by atoms with Crippen molar-refractivity contribution in [3.8, 4) is 0 Å². The quantitative estimate of drug-likeness (QED) is 0.865. The molecule has 0 spiro atoms. The van der Waals surface area contributed by atoms with Crippen LogP contribution < -0.4 is 5.32 Å². The summed E-state index contributed by atoms with van der Waals surface area (Å²) in [6.07, 6.45) is 0. The Labute approximate surface area is 107 Å². The molecule has 2 rings (SSSR count). The first-order chi connectivity index (χ1) is 7.56. The minimum atomic E-state index is 0.233. The summed E-state index contributed by atoms with van der Waals surface area (Å²) in [7, 11) is 0. The molecule has 2 heterocycles. The van der Waals surface area contributed by atoms with Gasteiger partial charge in [0.25, 0.3) is 0 Å². The summed E-state index contributed by atoms with van der Waals surface area (Å²) in [5.41, 5.74) is 0. The highest BCUT2D eigenvalue weighted by atomic mass is 35.5. The van der Waals surface area contributed by atoms with Crippen LogP contribution in [0.4, 0.5) is 5.82 Å². The molecule has 0 aliphatic carbocycles. The molecule has 0 atom stereocenters. The van der Waals surface area contributed by atoms with Crippen molar-refractivity contribution in [2.75, 3.05) is 11.9 Å². The third-order valence-corrected chi connectivity index (χ3v) is 3.18. The fourth-order valence-corrected chi connectivity index (χ4v) is 2.50. The van der Waals surface area contributed by atoms with E-state index in [9.17, 15) is 0 Å². The Balaban J connectivity index is 2.45. The van der Waals surface area contributed by atoms with Crippen LogP contribution in [0.5, 0.6) is 0 Å². The third-order valence-electron chi connectivity index (χ3n) is 1.94. The largest absolute Gasteiger partial charge is 0.364 e. The van der Waals surface area contributed by atoms with E-state index in [4.69, 9.17) is 23.2 Å². The van der Waals surface area contributed by atoms with Crippen LogP contribution in [0.3, 0.4) is 0 Å². The zero-order valence-electron chi connectivity index (χ0n) is 8.55. The SMILES string of the molecule is C=C(Cl)CNc1nc(Cl)nc2sc(C)cc12. The zero-order valence-corrected chi connectivity index (χ0v) is 10.9. The Morgan fingerprint density at radius 2 is 2.31 bits per heavy atom. The lowest BCUT2D eigenvalue weighted by atomic mass is 10.3. The number of hydrogen-bond donors (Lipinski definition) is 1. The topological polar surface area (TPSA) is 37.8 Å². The van der Waals surface area contributed by atoms with E-state index in [1.54, 1.807) is 11.3 Å². The van der Waals surface area contributed by atoms with Gasteiger partial charge in [0.15, 0.2) is 0 Å². The van der Waals surface area contributed by atoms with Gasteiger partial charge in [-0.05, 0) is 24.6 Å². The van der Waals surface area contributed by atoms with Crippen molar-refractivity contribution in [2.24, 2.45) is 0 Å². The Morgan fingerprint density at radius 3 is 3.00 bits per heavy atom. The van der Waals surface area contributed by atoms with Crippen molar-refractivity contribution >= 4 is 50.6 Å². The van der Waals surface area contributed by atoms with Crippen LogP contribution in [0.15, 0.2) is 17.7 Å². The maximum atomic E-state index is 5.84. The lowest BCUT2D eigenvalue weighted by Crippen LogP contribution is -2.03. The highest BCUT2D eigenvalue weighted by Gasteiger charge is 2.09. The first kappa shape index (κ1) is 11.6. The van der Waals surface area contributed by atoms with E-state index in [0.29, 0.717) is 17.4 Å². The van der Waals surface area contributed by atoms with Crippen LogP contribution in [0.1, 0.15) is 4.88 Å². The van der Waals surface area contributed by atoms with Crippen LogP contribution in [-0.4, -0.2) is 16.5 Å². The summed E-state index contributed by atoms with van der Waals surface area (Å²) in [5.74, 6) is 0.696. The van der Waals surface area contributed by atoms with E-state index >= 15 is 0 Å². The molecular weight excluding hydrogens is 265 g/mol. The van der Waals surface area contributed by atoms with E-state index in [-0.39, 0.29) is 5.28 Å². The molecule has 0 aliphatic heterocycles. The molecule has 1 N–H and O–H groups in total. The van der Waals surface area contributed by atoms with E-state index in [1.165, 1.54) is 4.88 Å². The number of rotatable bonds is 3. The summed E-state index contributed by atoms with van der Waals surface area (Å²) in [6.45, 7) is 6.08. The van der Waals surface area contributed by atoms with Gasteiger partial charge in [0, 0.05) is 9.91 Å². The minimum Gasteiger partial charge on any atom is -0.364 e. The molecule has 16 heavy (non-hydrogen) atoms. The van der Waals surface area contributed by atoms with Crippen LogP contribution in [0, 0.1) is 6.92 Å². The van der Waals surface area contributed by atoms with Crippen molar-refractivity contribution in [3.63, 3.8) is 0 Å². The molecule has 0 bridgehead atoms. The molecule has 0 fully saturated rings. The molecule has 0 amide bonds. The number of nitrogens with zero attached hydrogens (tertiary/aromatic N) is 2. The second kappa shape index (κ2) is 4.57. The highest BCUT2D eigenvalue weighted by molar-refractivity contribution is 7.18. The summed E-state index contributed by atoms with van der Waals surface area (Å²) in [6, 6.07) is 2.02. The number of hydrogen-bond acceptors (Lipinski definition) is 4. The first-order valence-electron chi connectivity index (χ1n) is 4.57. The number of nitrogens with one attached hydrogen (secondary N) is 1. The number of thiophene rings is 1. The van der Waals surface area contributed by atoms with Crippen molar-refractivity contribution in [1.82, 2.24) is 9.97 Å². The number of anilines is 1. The van der Waals surface area contributed by atoms with E-state index in [2.05, 4.69) is 21.9 Å². The normalized spacial score (nSPS) is 10.7. The molecule has 2 aromatic rings. The second-order valence-electron chi connectivity index (χ2n) is 3.29. The minimum absolute atomic E-state index is 0.233. The lowest BCUT2D eigenvalue weighted by molar-refractivity contribution is 1.18. The number of halogens is 2. The molecule has 3 nitrogen and oxygen atoms in total. The van der Waals surface area contributed by atoms with Crippen molar-refractivity contribution in [2.45, 2.75) is 6.92 Å². The van der Waals surface area contributed by atoms with Crippen LogP contribution >= 0.6 is 34.5 Å². The number of aromatic nitrogens is 2. The van der Waals surface area contributed by atoms with Crippen LogP contribution in [0.2, 0.25) is 5.28 Å². The Kier molecular flexibility index (Phi) is 3.33. The molecular formula is C10H9Cl2N3S. The maximum Gasteiger partial charge on any atom is 0.225 e. The molecule has 0 saturated carbocycles. The van der Waals surface area contributed by atoms with Gasteiger partial charge in [-0.2, -0.15) is 0 Å². The van der Waals surface area contributed by atoms with Crippen molar-refractivity contribution in [3.05, 3.63) is 27.8 Å². The number of fused-ring (bicyclic) bond motifs is 1. The highest BCUT2D eigenvalue weighted by Crippen LogP contribution is 2.29. The lowest BCUT2D eigenvalue weighted by Gasteiger charge is -2.05. The molecule has 0 aromatic carbocycles. The summed E-state index contributed by atoms with van der Waals surface area (Å²) in [4.78, 5) is 10.3. The zero-order chi connectivity index (χ0) is 11.7. The van der Waals surface area contributed by atoms with Gasteiger partial charge in [-0.3, -0.25) is 0 Å². The Morgan fingerprint density at radius 1 is 1.56 bits per heavy atom. The summed E-state index contributed by atoms with van der Waals surface area (Å²) in [5, 5.41) is 4.80. The maximum absolute atomic E-state index is 5.84. The molecule has 2 aromatic heterocycles. The van der Waals surface area contributed by atoms with Crippen LogP contribution in [0.25, 0.3) is 10.2 Å². The molecule has 84 valence electrons. The molecule has 6 heteroatoms. The predicted molar refractivity (Wildman–Crippen MR) is 70.6 cm³/mol. The molecule has 0 radical (unpaired) electrons. The van der Waals surface area contributed by atoms with E-state index in [0.717, 1.165) is 10.2 Å². The average Bonchev–Trinajstić information content (AvgIpc) is 2.54. The third kappa shape index (κ3) is 2.45. The standard InChI is InChI=1S/C10H9Cl2N3S/c1-5(11)4-13-8-7-3-6(2)16-9(7)15-10(12)14-8/h3H,1,4H2,2H3,(H,13,14,15). The van der Waals surface area contributed by atoms with E-state index < -0.39 is 0 Å². The van der Waals surface area contributed by atoms with Crippen molar-refractivity contribution < 1.29 is 0 Å². The van der Waals surface area contributed by atoms with Gasteiger partial charge in [0.1, 0.15) is 10.6 Å². The summed E-state index contributed by atoms with van der Waals surface area (Å²) >= 11 is 13.1. The first-order valence-corrected chi connectivity index (χ1v) is 6.14. The monoisotopic (exact) mass is 273 g/mol. The van der Waals surface area contributed by atoms with Crippen molar-refractivity contribution in [1.29, 1.82) is 0 Å². The predicted octanol–water partition coefficient (Wildman–Crippen LogP) is 3.82. The van der Waals surface area contributed by atoms with E-state index in [1.807, 2.05) is 13.0 Å². The molecule has 0 saturated heterocycles. The fourth-order valence-electron chi connectivity index (χ4n) is 1.33. The average molecular weight is 274 g/mol. The Hall–Kier alpha value is -0.840. The Bertz CT molecular complexity index is 550. The second-order valence-corrected chi connectivity index (χ2v) is 5.40. The van der Waals surface area contributed by atoms with Gasteiger partial charge >= 0.3 is 0 Å². The van der Waals surface area contributed by atoms with Gasteiger partial charge in [0.2, 0.25) is 5.28 Å². The van der Waals surface area contributed by atoms with Gasteiger partial charge in [-0.15, -0.1) is 11.3 Å². The smallest absolute Gasteiger partial charge is 0.225 e. The van der Waals surface area contributed by atoms with Gasteiger partial charge in [0.05, 0.1) is 11.9 Å². The molecule has 0 unspecified atom stereocenters. The van der Waals surface area contributed by atoms with Crippen LogP contribution in [-0.2, 0) is 0 Å². The van der Waals surface area contributed by atoms with Gasteiger partial charge in [-0.1, -0.05) is 18.2 Å². The fraction of sp³-hybridized carbons (Fsp3) is 0.200.